The van der Waals surface area contributed by atoms with Gasteiger partial charge in [0.1, 0.15) is 16.9 Å². The molecule has 222 valence electrons. The molecule has 0 fully saturated rings. The summed E-state index contributed by atoms with van der Waals surface area (Å²) in [6.07, 6.45) is -7.10. The predicted molar refractivity (Wildman–Crippen MR) is 136 cm³/mol. The Morgan fingerprint density at radius 3 is 1.90 bits per heavy atom. The van der Waals surface area contributed by atoms with Gasteiger partial charge in [-0.1, -0.05) is 12.1 Å². The molecule has 0 aliphatic rings. The normalized spacial score (nSPS) is 13.4. The SMILES string of the molecule is CC(C)(C)OC(=O)Nc1nc(C(F)(F)C(=O)O)c(CC(Cc2ccc(C(F)(F)F)cc2)NC(=O)OC(C)(C)C)s1. The Bertz CT molecular complexity index is 1220. The summed E-state index contributed by atoms with van der Waals surface area (Å²) in [4.78, 5) is 39.3. The van der Waals surface area contributed by atoms with Gasteiger partial charge in [-0.25, -0.2) is 19.4 Å². The average Bonchev–Trinajstić information content (AvgIpc) is 3.13. The highest BCUT2D eigenvalue weighted by molar-refractivity contribution is 7.15. The molecule has 2 amide bonds. The van der Waals surface area contributed by atoms with Gasteiger partial charge in [0.05, 0.1) is 5.56 Å². The van der Waals surface area contributed by atoms with Crippen LogP contribution in [0.4, 0.5) is 36.7 Å². The van der Waals surface area contributed by atoms with E-state index in [2.05, 4.69) is 15.6 Å². The summed E-state index contributed by atoms with van der Waals surface area (Å²) in [7, 11) is 0. The molecule has 1 aromatic carbocycles. The van der Waals surface area contributed by atoms with E-state index in [9.17, 15) is 36.3 Å². The number of ether oxygens (including phenoxy) is 2. The molecular weight excluding hydrogens is 565 g/mol. The molecule has 9 nitrogen and oxygen atoms in total. The number of thiazole rings is 1. The Kier molecular flexibility index (Phi) is 9.77. The standard InChI is InChI=1S/C25H30F5N3O6S/c1-22(2,3)38-20(36)31-15(11-13-7-9-14(10-8-13)25(28,29)30)12-16-17(24(26,27)18(34)35)32-19(40-16)33-21(37)39-23(4,5)6/h7-10,15H,11-12H2,1-6H3,(H,31,36)(H,34,35)(H,32,33,37). The maximum Gasteiger partial charge on any atom is 0.416 e. The van der Waals surface area contributed by atoms with E-state index in [-0.39, 0.29) is 16.4 Å². The highest BCUT2D eigenvalue weighted by Gasteiger charge is 2.46. The van der Waals surface area contributed by atoms with Gasteiger partial charge in [-0.15, -0.1) is 11.3 Å². The zero-order valence-corrected chi connectivity index (χ0v) is 23.4. The second kappa shape index (κ2) is 11.9. The molecule has 0 bridgehead atoms. The molecule has 15 heteroatoms. The number of carbonyl (C=O) groups is 3. The van der Waals surface area contributed by atoms with Gasteiger partial charge in [0.25, 0.3) is 0 Å². The second-order valence-electron chi connectivity index (χ2n) is 10.7. The van der Waals surface area contributed by atoms with Crippen molar-refractivity contribution in [1.29, 1.82) is 0 Å². The molecule has 0 aliphatic heterocycles. The van der Waals surface area contributed by atoms with Crippen molar-refractivity contribution in [3.8, 4) is 0 Å². The topological polar surface area (TPSA) is 127 Å². The number of rotatable bonds is 8. The molecule has 0 saturated carbocycles. The van der Waals surface area contributed by atoms with E-state index in [1.807, 2.05) is 0 Å². The van der Waals surface area contributed by atoms with Crippen LogP contribution < -0.4 is 10.6 Å². The lowest BCUT2D eigenvalue weighted by molar-refractivity contribution is -0.167. The second-order valence-corrected chi connectivity index (χ2v) is 11.8. The summed E-state index contributed by atoms with van der Waals surface area (Å²) in [5, 5.41) is 13.4. The van der Waals surface area contributed by atoms with Crippen molar-refractivity contribution < 1.29 is 50.9 Å². The van der Waals surface area contributed by atoms with E-state index < -0.39 is 65.2 Å². The highest BCUT2D eigenvalue weighted by atomic mass is 32.1. The molecule has 0 saturated heterocycles. The van der Waals surface area contributed by atoms with Crippen LogP contribution >= 0.6 is 11.3 Å². The number of hydrogen-bond donors (Lipinski definition) is 3. The summed E-state index contributed by atoms with van der Waals surface area (Å²) in [5.74, 6) is -6.97. The Labute approximate surface area is 231 Å². The molecule has 0 spiro atoms. The fourth-order valence-electron chi connectivity index (χ4n) is 3.27. The van der Waals surface area contributed by atoms with Gasteiger partial charge in [-0.2, -0.15) is 22.0 Å². The molecule has 1 unspecified atom stereocenters. The minimum Gasteiger partial charge on any atom is -0.476 e. The number of alkyl halides is 5. The van der Waals surface area contributed by atoms with Gasteiger partial charge in [0, 0.05) is 17.3 Å². The summed E-state index contributed by atoms with van der Waals surface area (Å²) in [6, 6.07) is 2.95. The van der Waals surface area contributed by atoms with Crippen LogP contribution in [-0.2, 0) is 39.2 Å². The van der Waals surface area contributed by atoms with Crippen LogP contribution in [0.5, 0.6) is 0 Å². The van der Waals surface area contributed by atoms with Gasteiger partial charge in [0.2, 0.25) is 0 Å². The number of aliphatic carboxylic acids is 1. The summed E-state index contributed by atoms with van der Waals surface area (Å²) in [6.45, 7) is 9.45. The Morgan fingerprint density at radius 1 is 0.900 bits per heavy atom. The Balaban J connectivity index is 2.45. The van der Waals surface area contributed by atoms with Crippen molar-refractivity contribution in [1.82, 2.24) is 10.3 Å². The smallest absolute Gasteiger partial charge is 0.416 e. The summed E-state index contributed by atoms with van der Waals surface area (Å²) < 4.78 is 78.5. The van der Waals surface area contributed by atoms with Gasteiger partial charge < -0.3 is 19.9 Å². The average molecular weight is 596 g/mol. The molecular formula is C25H30F5N3O6S. The number of nitrogens with one attached hydrogen (secondary N) is 2. The lowest BCUT2D eigenvalue weighted by Gasteiger charge is -2.24. The molecule has 1 aromatic heterocycles. The van der Waals surface area contributed by atoms with Gasteiger partial charge in [-0.05, 0) is 65.7 Å². The number of carboxylic acid groups (broad SMARTS) is 1. The number of alkyl carbamates (subject to hydrolysis) is 1. The maximum atomic E-state index is 14.7. The Morgan fingerprint density at radius 2 is 1.43 bits per heavy atom. The van der Waals surface area contributed by atoms with Crippen molar-refractivity contribution in [2.45, 2.75) is 83.7 Å². The van der Waals surface area contributed by atoms with Crippen LogP contribution in [-0.4, -0.2) is 45.5 Å². The third-order valence-electron chi connectivity index (χ3n) is 4.79. The van der Waals surface area contributed by atoms with Crippen LogP contribution in [0.2, 0.25) is 0 Å². The molecule has 0 aliphatic carbocycles. The predicted octanol–water partition coefficient (Wildman–Crippen LogP) is 6.36. The van der Waals surface area contributed by atoms with E-state index >= 15 is 0 Å². The van der Waals surface area contributed by atoms with Crippen molar-refractivity contribution >= 4 is 34.6 Å². The van der Waals surface area contributed by atoms with Crippen molar-refractivity contribution in [3.05, 3.63) is 46.0 Å². The zero-order chi connectivity index (χ0) is 30.7. The summed E-state index contributed by atoms with van der Waals surface area (Å²) >= 11 is 0.536. The number of nitrogens with zero attached hydrogens (tertiary/aromatic N) is 1. The lowest BCUT2D eigenvalue weighted by Crippen LogP contribution is -2.41. The van der Waals surface area contributed by atoms with Crippen molar-refractivity contribution in [2.75, 3.05) is 5.32 Å². The molecule has 2 rings (SSSR count). The van der Waals surface area contributed by atoms with E-state index in [0.717, 1.165) is 12.1 Å². The van der Waals surface area contributed by atoms with Gasteiger partial charge >= 0.3 is 30.3 Å². The number of carboxylic acids is 1. The number of amides is 2. The van der Waals surface area contributed by atoms with E-state index in [4.69, 9.17) is 14.6 Å². The van der Waals surface area contributed by atoms with E-state index in [1.54, 1.807) is 41.5 Å². The highest BCUT2D eigenvalue weighted by Crippen LogP contribution is 2.37. The first-order chi connectivity index (χ1) is 18.1. The zero-order valence-electron chi connectivity index (χ0n) is 22.5. The number of benzene rings is 1. The first-order valence-corrected chi connectivity index (χ1v) is 12.7. The number of halogens is 5. The first-order valence-electron chi connectivity index (χ1n) is 11.8. The molecule has 3 N–H and O–H groups in total. The first kappa shape index (κ1) is 32.7. The number of hydrogen-bond acceptors (Lipinski definition) is 7. The minimum atomic E-state index is -4.58. The third-order valence-corrected chi connectivity index (χ3v) is 5.78. The number of carbonyl (C=O) groups excluding carboxylic acids is 2. The molecule has 40 heavy (non-hydrogen) atoms. The quantitative estimate of drug-likeness (QED) is 0.303. The Hall–Kier alpha value is -3.49. The van der Waals surface area contributed by atoms with Gasteiger partial charge in [-0.3, -0.25) is 5.32 Å². The minimum absolute atomic E-state index is 0.137. The largest absolute Gasteiger partial charge is 0.476 e. The van der Waals surface area contributed by atoms with Gasteiger partial charge in [0.15, 0.2) is 5.13 Å². The van der Waals surface area contributed by atoms with Crippen LogP contribution in [0.25, 0.3) is 0 Å². The maximum absolute atomic E-state index is 14.7. The number of aromatic nitrogens is 1. The van der Waals surface area contributed by atoms with Crippen LogP contribution in [0.1, 0.15) is 63.2 Å². The number of anilines is 1. The van der Waals surface area contributed by atoms with Crippen LogP contribution in [0.3, 0.4) is 0 Å². The van der Waals surface area contributed by atoms with E-state index in [0.29, 0.717) is 16.9 Å². The monoisotopic (exact) mass is 595 g/mol. The lowest BCUT2D eigenvalue weighted by atomic mass is 10.00. The van der Waals surface area contributed by atoms with Crippen molar-refractivity contribution in [2.24, 2.45) is 0 Å². The molecule has 2 aromatic rings. The third kappa shape index (κ3) is 9.92. The van der Waals surface area contributed by atoms with Crippen molar-refractivity contribution in [3.63, 3.8) is 0 Å². The van der Waals surface area contributed by atoms with Crippen LogP contribution in [0, 0.1) is 0 Å². The molecule has 0 radical (unpaired) electrons. The molecule has 1 heterocycles. The molecule has 1 atom stereocenters. The van der Waals surface area contributed by atoms with E-state index in [1.165, 1.54) is 12.1 Å². The fraction of sp³-hybridized carbons (Fsp3) is 0.520. The van der Waals surface area contributed by atoms with Crippen LogP contribution in [0.15, 0.2) is 24.3 Å². The summed E-state index contributed by atoms with van der Waals surface area (Å²) in [5.41, 5.74) is -3.62. The fourth-order valence-corrected chi connectivity index (χ4v) is 4.33.